The van der Waals surface area contributed by atoms with Crippen LogP contribution in [0, 0.1) is 10.1 Å². The van der Waals surface area contributed by atoms with E-state index < -0.39 is 4.92 Å². The average molecular weight is 379 g/mol. The molecule has 0 aliphatic carbocycles. The fraction of sp³-hybridized carbons (Fsp3) is 0.200. The van der Waals surface area contributed by atoms with Crippen LogP contribution in [0.25, 0.3) is 0 Å². The van der Waals surface area contributed by atoms with Crippen molar-refractivity contribution in [1.82, 2.24) is 14.9 Å². The second kappa shape index (κ2) is 8.34. The summed E-state index contributed by atoms with van der Waals surface area (Å²) in [5, 5.41) is 14.0. The minimum atomic E-state index is -0.503. The molecule has 28 heavy (non-hydrogen) atoms. The first-order valence-corrected chi connectivity index (χ1v) is 8.72. The van der Waals surface area contributed by atoms with E-state index in [1.807, 2.05) is 35.0 Å². The average Bonchev–Trinajstić information content (AvgIpc) is 3.19. The van der Waals surface area contributed by atoms with E-state index in [4.69, 9.17) is 0 Å². The van der Waals surface area contributed by atoms with E-state index >= 15 is 0 Å². The lowest BCUT2D eigenvalue weighted by Crippen LogP contribution is -2.26. The normalized spacial score (nSPS) is 10.5. The maximum atomic E-state index is 12.8. The molecule has 1 aromatic heterocycles. The van der Waals surface area contributed by atoms with Gasteiger partial charge in [-0.05, 0) is 17.2 Å². The smallest absolute Gasteiger partial charge is 0.270 e. The van der Waals surface area contributed by atoms with Crippen LogP contribution in [0.3, 0.4) is 0 Å². The van der Waals surface area contributed by atoms with Crippen molar-refractivity contribution < 1.29 is 9.72 Å². The summed E-state index contributed by atoms with van der Waals surface area (Å²) in [6.45, 7) is 0.963. The largest absolute Gasteiger partial charge is 0.377 e. The van der Waals surface area contributed by atoms with E-state index in [9.17, 15) is 14.9 Å². The lowest BCUT2D eigenvalue weighted by Gasteiger charge is -2.17. The first-order valence-electron chi connectivity index (χ1n) is 8.72. The topological polar surface area (TPSA) is 93.3 Å². The number of amides is 1. The van der Waals surface area contributed by atoms with Gasteiger partial charge in [-0.25, -0.2) is 4.98 Å². The molecule has 1 heterocycles. The number of carbonyl (C=O) groups is 1. The summed E-state index contributed by atoms with van der Waals surface area (Å²) in [6.07, 6.45) is 5.33. The molecule has 0 unspecified atom stereocenters. The standard InChI is InChI=1S/C20H21N5O3/c1-23(2)19-8-7-17(25(27)28)11-18(19)20(26)22-12-15-5-3-4-6-16(15)13-24-10-9-21-14-24/h3-11,14H,12-13H2,1-2H3,(H,22,26). The highest BCUT2D eigenvalue weighted by Gasteiger charge is 2.18. The van der Waals surface area contributed by atoms with Crippen molar-refractivity contribution in [3.63, 3.8) is 0 Å². The highest BCUT2D eigenvalue weighted by Crippen LogP contribution is 2.24. The molecule has 0 bridgehead atoms. The molecule has 2 aromatic carbocycles. The highest BCUT2D eigenvalue weighted by molar-refractivity contribution is 6.00. The Labute approximate surface area is 162 Å². The molecule has 3 aromatic rings. The van der Waals surface area contributed by atoms with E-state index in [0.717, 1.165) is 11.1 Å². The molecular weight excluding hydrogens is 358 g/mol. The van der Waals surface area contributed by atoms with Gasteiger partial charge in [0.05, 0.1) is 16.8 Å². The molecule has 0 saturated carbocycles. The van der Waals surface area contributed by atoms with Crippen LogP contribution in [0.2, 0.25) is 0 Å². The van der Waals surface area contributed by atoms with Crippen LogP contribution in [0.1, 0.15) is 21.5 Å². The number of nitro groups is 1. The second-order valence-electron chi connectivity index (χ2n) is 6.54. The third-order valence-corrected chi connectivity index (χ3v) is 4.39. The minimum Gasteiger partial charge on any atom is -0.377 e. The molecule has 0 atom stereocenters. The zero-order valence-electron chi connectivity index (χ0n) is 15.7. The van der Waals surface area contributed by atoms with Crippen molar-refractivity contribution in [2.24, 2.45) is 0 Å². The van der Waals surface area contributed by atoms with Gasteiger partial charge in [-0.1, -0.05) is 24.3 Å². The molecule has 1 amide bonds. The summed E-state index contributed by atoms with van der Waals surface area (Å²) >= 11 is 0. The number of benzene rings is 2. The van der Waals surface area contributed by atoms with Crippen LogP contribution in [0.5, 0.6) is 0 Å². The number of rotatable bonds is 7. The zero-order chi connectivity index (χ0) is 20.1. The maximum absolute atomic E-state index is 12.8. The number of aromatic nitrogens is 2. The van der Waals surface area contributed by atoms with E-state index in [0.29, 0.717) is 18.8 Å². The number of carbonyl (C=O) groups excluding carboxylic acids is 1. The number of hydrogen-bond acceptors (Lipinski definition) is 5. The number of nitrogens with zero attached hydrogens (tertiary/aromatic N) is 4. The van der Waals surface area contributed by atoms with Crippen molar-refractivity contribution >= 4 is 17.3 Å². The van der Waals surface area contributed by atoms with Crippen LogP contribution in [-0.2, 0) is 13.1 Å². The first kappa shape index (κ1) is 19.1. The molecule has 0 aliphatic heterocycles. The summed E-state index contributed by atoms with van der Waals surface area (Å²) in [6, 6.07) is 12.1. The van der Waals surface area contributed by atoms with Crippen LogP contribution < -0.4 is 10.2 Å². The molecule has 8 heteroatoms. The van der Waals surface area contributed by atoms with E-state index in [1.54, 1.807) is 37.6 Å². The Balaban J connectivity index is 1.79. The van der Waals surface area contributed by atoms with E-state index in [1.165, 1.54) is 12.1 Å². The number of non-ortho nitro benzene ring substituents is 1. The molecule has 0 saturated heterocycles. The SMILES string of the molecule is CN(C)c1ccc([N+](=O)[O-])cc1C(=O)NCc1ccccc1Cn1ccnc1. The second-order valence-corrected chi connectivity index (χ2v) is 6.54. The zero-order valence-corrected chi connectivity index (χ0v) is 15.7. The van der Waals surface area contributed by atoms with Gasteiger partial charge < -0.3 is 14.8 Å². The van der Waals surface area contributed by atoms with Crippen LogP contribution in [0.4, 0.5) is 11.4 Å². The molecule has 144 valence electrons. The Hall–Kier alpha value is -3.68. The third kappa shape index (κ3) is 4.35. The Morgan fingerprint density at radius 2 is 1.96 bits per heavy atom. The van der Waals surface area contributed by atoms with Crippen LogP contribution >= 0.6 is 0 Å². The van der Waals surface area contributed by atoms with Crippen molar-refractivity contribution in [3.05, 3.63) is 88.0 Å². The molecule has 0 fully saturated rings. The summed E-state index contributed by atoms with van der Waals surface area (Å²) < 4.78 is 1.95. The van der Waals surface area contributed by atoms with Crippen molar-refractivity contribution in [3.8, 4) is 0 Å². The Bertz CT molecular complexity index is 983. The highest BCUT2D eigenvalue weighted by atomic mass is 16.6. The minimum absolute atomic E-state index is 0.115. The number of nitrogens with one attached hydrogen (secondary N) is 1. The summed E-state index contributed by atoms with van der Waals surface area (Å²) in [5.41, 5.74) is 2.81. The predicted octanol–water partition coefficient (Wildman–Crippen LogP) is 2.84. The van der Waals surface area contributed by atoms with Gasteiger partial charge in [0.1, 0.15) is 0 Å². The van der Waals surface area contributed by atoms with Gasteiger partial charge in [0.15, 0.2) is 0 Å². The summed E-state index contributed by atoms with van der Waals surface area (Å²) in [7, 11) is 3.58. The number of hydrogen-bond donors (Lipinski definition) is 1. The number of anilines is 1. The van der Waals surface area contributed by atoms with Crippen LogP contribution in [-0.4, -0.2) is 34.5 Å². The molecule has 3 rings (SSSR count). The quantitative estimate of drug-likeness (QED) is 0.503. The van der Waals surface area contributed by atoms with Gasteiger partial charge in [-0.2, -0.15) is 0 Å². The van der Waals surface area contributed by atoms with E-state index in [2.05, 4.69) is 10.3 Å². The van der Waals surface area contributed by atoms with Crippen molar-refractivity contribution in [2.45, 2.75) is 13.1 Å². The molecule has 1 N–H and O–H groups in total. The van der Waals surface area contributed by atoms with Gasteiger partial charge in [0.25, 0.3) is 11.6 Å². The monoisotopic (exact) mass is 379 g/mol. The summed E-state index contributed by atoms with van der Waals surface area (Å²) in [5.74, 6) is -0.357. The number of imidazole rings is 1. The predicted molar refractivity (Wildman–Crippen MR) is 106 cm³/mol. The first-order chi connectivity index (χ1) is 13.5. The van der Waals surface area contributed by atoms with Crippen molar-refractivity contribution in [1.29, 1.82) is 0 Å². The molecule has 0 radical (unpaired) electrons. The fourth-order valence-corrected chi connectivity index (χ4v) is 2.94. The Morgan fingerprint density at radius 3 is 2.61 bits per heavy atom. The fourth-order valence-electron chi connectivity index (χ4n) is 2.94. The number of nitro benzene ring substituents is 1. The third-order valence-electron chi connectivity index (χ3n) is 4.39. The van der Waals surface area contributed by atoms with Gasteiger partial charge in [0, 0.05) is 57.4 Å². The lowest BCUT2D eigenvalue weighted by molar-refractivity contribution is -0.384. The van der Waals surface area contributed by atoms with Crippen molar-refractivity contribution in [2.75, 3.05) is 19.0 Å². The molecule has 0 spiro atoms. The summed E-state index contributed by atoms with van der Waals surface area (Å²) in [4.78, 5) is 29.2. The molecule has 8 nitrogen and oxygen atoms in total. The molecule has 0 aliphatic rings. The van der Waals surface area contributed by atoms with Gasteiger partial charge >= 0.3 is 0 Å². The Morgan fingerprint density at radius 1 is 1.21 bits per heavy atom. The maximum Gasteiger partial charge on any atom is 0.270 e. The van der Waals surface area contributed by atoms with Gasteiger partial charge in [-0.15, -0.1) is 0 Å². The van der Waals surface area contributed by atoms with Gasteiger partial charge in [-0.3, -0.25) is 14.9 Å². The van der Waals surface area contributed by atoms with Crippen LogP contribution in [0.15, 0.2) is 61.2 Å². The Kier molecular flexibility index (Phi) is 5.69. The lowest BCUT2D eigenvalue weighted by atomic mass is 10.1. The van der Waals surface area contributed by atoms with Gasteiger partial charge in [0.2, 0.25) is 0 Å². The van der Waals surface area contributed by atoms with E-state index in [-0.39, 0.29) is 17.2 Å². The molecular formula is C20H21N5O3.